The molecule has 6 rings (SSSR count). The number of azo groups is 1. The van der Waals surface area contributed by atoms with E-state index in [1.165, 1.54) is 0 Å². The number of aromatic nitrogens is 2. The largest absolute Gasteiger partial charge is 0.379 e. The summed E-state index contributed by atoms with van der Waals surface area (Å²) in [6, 6.07) is 10.5. The number of fused-ring (bicyclic) bond motifs is 1. The Morgan fingerprint density at radius 1 is 1.30 bits per heavy atom. The van der Waals surface area contributed by atoms with Crippen molar-refractivity contribution in [2.24, 2.45) is 17.3 Å². The summed E-state index contributed by atoms with van der Waals surface area (Å²) >= 11 is 0. The molecule has 1 aromatic heterocycles. The molecule has 8 nitrogen and oxygen atoms in total. The molecule has 1 spiro atoms. The van der Waals surface area contributed by atoms with Crippen molar-refractivity contribution >= 4 is 5.91 Å². The number of nitrogens with zero attached hydrogens (tertiary/aromatic N) is 4. The number of aryl methyl sites for hydroxylation is 1. The molecule has 2 aromatic rings. The molecule has 0 aliphatic carbocycles. The summed E-state index contributed by atoms with van der Waals surface area (Å²) in [6.45, 7) is 3.44. The quantitative estimate of drug-likeness (QED) is 0.759. The second-order valence-corrected chi connectivity index (χ2v) is 9.46. The lowest BCUT2D eigenvalue weighted by molar-refractivity contribution is -0.123. The van der Waals surface area contributed by atoms with Gasteiger partial charge in [-0.1, -0.05) is 25.1 Å². The lowest BCUT2D eigenvalue weighted by Crippen LogP contribution is -2.62. The molecule has 4 aliphatic rings. The Labute approximate surface area is 192 Å². The molecule has 33 heavy (non-hydrogen) atoms. The fourth-order valence-corrected chi connectivity index (χ4v) is 6.13. The van der Waals surface area contributed by atoms with Crippen LogP contribution in [-0.4, -0.2) is 40.6 Å². The minimum atomic E-state index is -0.607. The van der Waals surface area contributed by atoms with Crippen molar-refractivity contribution in [2.45, 2.75) is 49.7 Å². The Kier molecular flexibility index (Phi) is 4.55. The van der Waals surface area contributed by atoms with E-state index >= 15 is 0 Å². The first-order chi connectivity index (χ1) is 16.1. The molecule has 1 fully saturated rings. The van der Waals surface area contributed by atoms with E-state index in [9.17, 15) is 4.79 Å². The minimum Gasteiger partial charge on any atom is -0.379 e. The van der Waals surface area contributed by atoms with Gasteiger partial charge in [-0.25, -0.2) is 0 Å². The Morgan fingerprint density at radius 3 is 2.97 bits per heavy atom. The number of ether oxygens (including phenoxy) is 1. The summed E-state index contributed by atoms with van der Waals surface area (Å²) in [7, 11) is 1.94. The van der Waals surface area contributed by atoms with Crippen molar-refractivity contribution in [1.29, 1.82) is 0 Å². The van der Waals surface area contributed by atoms with E-state index in [0.29, 0.717) is 6.61 Å². The van der Waals surface area contributed by atoms with Crippen LogP contribution in [0.15, 0.2) is 69.8 Å². The van der Waals surface area contributed by atoms with Crippen LogP contribution in [-0.2, 0) is 22.0 Å². The second kappa shape index (κ2) is 7.38. The predicted octanol–water partition coefficient (Wildman–Crippen LogP) is 3.34. The average Bonchev–Trinajstić information content (AvgIpc) is 3.47. The first-order valence-electron chi connectivity index (χ1n) is 11.7. The highest BCUT2D eigenvalue weighted by molar-refractivity contribution is 6.00. The van der Waals surface area contributed by atoms with Crippen LogP contribution >= 0.6 is 0 Å². The topological polar surface area (TPSA) is 92.9 Å². The zero-order valence-electron chi connectivity index (χ0n) is 19.0. The summed E-state index contributed by atoms with van der Waals surface area (Å²) in [5.74, 6) is -0.0201. The van der Waals surface area contributed by atoms with Gasteiger partial charge in [0.15, 0.2) is 6.17 Å². The Balaban J connectivity index is 1.53. The van der Waals surface area contributed by atoms with Gasteiger partial charge in [0.25, 0.3) is 5.91 Å². The van der Waals surface area contributed by atoms with Gasteiger partial charge in [0.05, 0.1) is 35.0 Å². The van der Waals surface area contributed by atoms with E-state index in [4.69, 9.17) is 4.74 Å². The number of amides is 1. The summed E-state index contributed by atoms with van der Waals surface area (Å²) in [5, 5.41) is 20.0. The van der Waals surface area contributed by atoms with Crippen LogP contribution in [0.5, 0.6) is 0 Å². The average molecular weight is 445 g/mol. The normalized spacial score (nSPS) is 30.5. The summed E-state index contributed by atoms with van der Waals surface area (Å²) in [4.78, 5) is 13.8. The second-order valence-electron chi connectivity index (χ2n) is 9.46. The molecule has 1 saturated heterocycles. The Morgan fingerprint density at radius 2 is 2.21 bits per heavy atom. The number of rotatable bonds is 3. The first-order valence-corrected chi connectivity index (χ1v) is 11.7. The number of benzene rings is 1. The number of nitrogens with one attached hydrogen (secondary N) is 2. The number of hydrogen-bond donors (Lipinski definition) is 2. The van der Waals surface area contributed by atoms with E-state index in [0.717, 1.165) is 66.0 Å². The van der Waals surface area contributed by atoms with Crippen LogP contribution in [0.4, 0.5) is 0 Å². The zero-order valence-corrected chi connectivity index (χ0v) is 19.0. The van der Waals surface area contributed by atoms with Crippen LogP contribution < -0.4 is 10.6 Å². The van der Waals surface area contributed by atoms with Gasteiger partial charge in [-0.15, -0.1) is 0 Å². The maximum atomic E-state index is 13.8. The highest BCUT2D eigenvalue weighted by Crippen LogP contribution is 2.52. The van der Waals surface area contributed by atoms with Gasteiger partial charge in [-0.05, 0) is 37.0 Å². The third-order valence-corrected chi connectivity index (χ3v) is 7.65. The van der Waals surface area contributed by atoms with Gasteiger partial charge in [0, 0.05) is 43.1 Å². The van der Waals surface area contributed by atoms with Crippen molar-refractivity contribution in [3.63, 3.8) is 0 Å². The van der Waals surface area contributed by atoms with Gasteiger partial charge in [0.2, 0.25) is 0 Å². The van der Waals surface area contributed by atoms with Crippen molar-refractivity contribution in [1.82, 2.24) is 20.4 Å². The smallest absolute Gasteiger partial charge is 0.250 e. The fraction of sp³-hybridized carbons (Fsp3) is 0.440. The number of carbonyl (C=O) groups is 1. The molecule has 4 aliphatic heterocycles. The minimum absolute atomic E-state index is 0.0201. The molecule has 3 atom stereocenters. The van der Waals surface area contributed by atoms with E-state index < -0.39 is 5.41 Å². The Hall–Kier alpha value is -3.26. The third kappa shape index (κ3) is 2.93. The highest BCUT2D eigenvalue weighted by Gasteiger charge is 2.54. The molecule has 0 saturated carbocycles. The van der Waals surface area contributed by atoms with E-state index in [2.05, 4.69) is 57.1 Å². The van der Waals surface area contributed by atoms with Gasteiger partial charge < -0.3 is 15.4 Å². The van der Waals surface area contributed by atoms with Crippen molar-refractivity contribution in [3.05, 3.63) is 65.1 Å². The molecular formula is C25H28N6O2. The van der Waals surface area contributed by atoms with E-state index in [1.807, 2.05) is 24.0 Å². The summed E-state index contributed by atoms with van der Waals surface area (Å²) in [5.41, 5.74) is 5.00. The molecule has 1 aromatic carbocycles. The maximum absolute atomic E-state index is 13.8. The van der Waals surface area contributed by atoms with E-state index in [1.54, 1.807) is 6.20 Å². The van der Waals surface area contributed by atoms with Crippen LogP contribution in [0.2, 0.25) is 0 Å². The van der Waals surface area contributed by atoms with E-state index in [-0.39, 0.29) is 17.6 Å². The van der Waals surface area contributed by atoms with Gasteiger partial charge in [0.1, 0.15) is 0 Å². The Bertz CT molecular complexity index is 1220. The first kappa shape index (κ1) is 20.4. The zero-order chi connectivity index (χ0) is 22.6. The molecule has 1 unspecified atom stereocenters. The van der Waals surface area contributed by atoms with Crippen LogP contribution in [0, 0.1) is 0 Å². The standard InChI is InChI=1S/C25H28N6O2/c1-3-25(17-7-4-6-16(12-17)20-8-10-27-31(20)2)18-14-26-30-22(18)28-19-13-24(9-5-11-33-15-24)29-23(32)21(19)25/h4,6-8,10,12,14,22,28H,3,5,9,11,13,15H2,1-2H3,(H,29,32)/t22?,24-,25+/m1/s1. The van der Waals surface area contributed by atoms with Gasteiger partial charge in [-0.2, -0.15) is 15.3 Å². The number of hydrogen-bond acceptors (Lipinski definition) is 6. The molecule has 8 heteroatoms. The van der Waals surface area contributed by atoms with Crippen molar-refractivity contribution < 1.29 is 9.53 Å². The van der Waals surface area contributed by atoms with Crippen LogP contribution in [0.25, 0.3) is 11.3 Å². The predicted molar refractivity (Wildman–Crippen MR) is 123 cm³/mol. The maximum Gasteiger partial charge on any atom is 0.250 e. The summed E-state index contributed by atoms with van der Waals surface area (Å²) < 4.78 is 7.65. The van der Waals surface area contributed by atoms with Crippen LogP contribution in [0.1, 0.15) is 38.2 Å². The van der Waals surface area contributed by atoms with Gasteiger partial charge in [-0.3, -0.25) is 9.48 Å². The molecule has 170 valence electrons. The number of carbonyl (C=O) groups excluding carboxylic acids is 1. The van der Waals surface area contributed by atoms with Crippen molar-refractivity contribution in [3.8, 4) is 11.3 Å². The molecular weight excluding hydrogens is 416 g/mol. The monoisotopic (exact) mass is 444 g/mol. The summed E-state index contributed by atoms with van der Waals surface area (Å²) in [6.07, 6.45) is 6.70. The third-order valence-electron chi connectivity index (χ3n) is 7.65. The molecule has 0 bridgehead atoms. The van der Waals surface area contributed by atoms with Crippen LogP contribution in [0.3, 0.4) is 0 Å². The van der Waals surface area contributed by atoms with Crippen molar-refractivity contribution in [2.75, 3.05) is 13.2 Å². The molecule has 2 N–H and O–H groups in total. The molecule has 0 radical (unpaired) electrons. The van der Waals surface area contributed by atoms with Gasteiger partial charge >= 0.3 is 0 Å². The molecule has 1 amide bonds. The molecule has 5 heterocycles. The SMILES string of the molecule is CC[C@]1(c2cccc(-c3ccnn3C)c2)C2=CN=NC2NC2=C1C(=O)N[C@]1(CCCOC1)C2. The highest BCUT2D eigenvalue weighted by atomic mass is 16.5. The lowest BCUT2D eigenvalue weighted by atomic mass is 9.61. The lowest BCUT2D eigenvalue weighted by Gasteiger charge is -2.50. The fourth-order valence-electron chi connectivity index (χ4n) is 6.13.